The van der Waals surface area contributed by atoms with Crippen molar-refractivity contribution in [2.24, 2.45) is 0 Å². The summed E-state index contributed by atoms with van der Waals surface area (Å²) in [5.41, 5.74) is 2.11. The van der Waals surface area contributed by atoms with E-state index >= 15 is 0 Å². The summed E-state index contributed by atoms with van der Waals surface area (Å²) < 4.78 is 11.5. The number of carboxylic acid groups (broad SMARTS) is 1. The van der Waals surface area contributed by atoms with Crippen molar-refractivity contribution in [1.82, 2.24) is 14.7 Å². The molecule has 3 aliphatic rings. The summed E-state index contributed by atoms with van der Waals surface area (Å²) in [5, 5.41) is 10.6. The van der Waals surface area contributed by atoms with Gasteiger partial charge in [-0.05, 0) is 76.0 Å². The number of aliphatic carboxylic acids is 1. The smallest absolute Gasteiger partial charge is 0.411 e. The van der Waals surface area contributed by atoms with Crippen LogP contribution in [0.1, 0.15) is 57.1 Å². The van der Waals surface area contributed by atoms with Crippen molar-refractivity contribution >= 4 is 18.2 Å². The monoisotopic (exact) mass is 549 g/mol. The van der Waals surface area contributed by atoms with Crippen LogP contribution in [-0.2, 0) is 14.3 Å². The molecule has 1 aliphatic carbocycles. The van der Waals surface area contributed by atoms with Crippen molar-refractivity contribution in [3.8, 4) is 11.1 Å². The van der Waals surface area contributed by atoms with E-state index in [0.717, 1.165) is 35.3 Å². The van der Waals surface area contributed by atoms with Gasteiger partial charge < -0.3 is 24.4 Å². The maximum absolute atomic E-state index is 14.0. The fourth-order valence-corrected chi connectivity index (χ4v) is 6.34. The molecular weight excluding hydrogens is 510 g/mol. The third-order valence-electron chi connectivity index (χ3n) is 8.34. The van der Waals surface area contributed by atoms with Gasteiger partial charge in [0.25, 0.3) is 0 Å². The van der Waals surface area contributed by atoms with Crippen molar-refractivity contribution in [3.05, 3.63) is 59.7 Å². The second kappa shape index (κ2) is 10.8. The van der Waals surface area contributed by atoms with Gasteiger partial charge >= 0.3 is 18.2 Å². The molecule has 0 spiro atoms. The van der Waals surface area contributed by atoms with Gasteiger partial charge in [0.15, 0.2) is 5.54 Å². The molecule has 2 amide bonds. The zero-order valence-electron chi connectivity index (χ0n) is 23.8. The summed E-state index contributed by atoms with van der Waals surface area (Å²) in [7, 11) is 2.01. The molecule has 2 heterocycles. The summed E-state index contributed by atoms with van der Waals surface area (Å²) in [4.78, 5) is 44.9. The minimum absolute atomic E-state index is 0.0987. The largest absolute Gasteiger partial charge is 0.479 e. The summed E-state index contributed by atoms with van der Waals surface area (Å²) in [6.45, 7) is 6.93. The van der Waals surface area contributed by atoms with Crippen molar-refractivity contribution < 1.29 is 29.0 Å². The van der Waals surface area contributed by atoms with E-state index in [4.69, 9.17) is 9.47 Å². The van der Waals surface area contributed by atoms with Crippen LogP contribution in [0.3, 0.4) is 0 Å². The number of carbonyl (C=O) groups is 3. The Morgan fingerprint density at radius 2 is 1.55 bits per heavy atom. The molecular formula is C31H39N3O6. The lowest BCUT2D eigenvalue weighted by Crippen LogP contribution is -2.64. The maximum Gasteiger partial charge on any atom is 0.411 e. The fraction of sp³-hybridized carbons (Fsp3) is 0.516. The van der Waals surface area contributed by atoms with E-state index < -0.39 is 29.3 Å². The molecule has 2 fully saturated rings. The first-order chi connectivity index (χ1) is 19.0. The molecule has 2 aliphatic heterocycles. The van der Waals surface area contributed by atoms with Gasteiger partial charge in [0.2, 0.25) is 0 Å². The molecule has 0 radical (unpaired) electrons. The summed E-state index contributed by atoms with van der Waals surface area (Å²) in [5.74, 6) is -1.27. The predicted molar refractivity (Wildman–Crippen MR) is 150 cm³/mol. The number of rotatable bonds is 5. The second-order valence-corrected chi connectivity index (χ2v) is 12.2. The first kappa shape index (κ1) is 28.0. The first-order valence-electron chi connectivity index (χ1n) is 14.0. The number of fused-ring (bicyclic) bond motifs is 3. The summed E-state index contributed by atoms with van der Waals surface area (Å²) >= 11 is 0. The maximum atomic E-state index is 14.0. The number of hydrogen-bond acceptors (Lipinski definition) is 6. The van der Waals surface area contributed by atoms with E-state index in [-0.39, 0.29) is 38.1 Å². The molecule has 2 saturated heterocycles. The molecule has 1 N–H and O–H groups in total. The number of ether oxygens (including phenoxy) is 2. The van der Waals surface area contributed by atoms with Gasteiger partial charge in [-0.3, -0.25) is 4.90 Å². The second-order valence-electron chi connectivity index (χ2n) is 12.2. The van der Waals surface area contributed by atoms with Gasteiger partial charge in [0.1, 0.15) is 12.2 Å². The van der Waals surface area contributed by atoms with Crippen molar-refractivity contribution in [3.63, 3.8) is 0 Å². The Morgan fingerprint density at radius 1 is 0.975 bits per heavy atom. The quantitative estimate of drug-likeness (QED) is 0.572. The van der Waals surface area contributed by atoms with Gasteiger partial charge in [-0.15, -0.1) is 0 Å². The minimum Gasteiger partial charge on any atom is -0.479 e. The van der Waals surface area contributed by atoms with Crippen LogP contribution in [-0.4, -0.2) is 95.0 Å². The van der Waals surface area contributed by atoms with Crippen LogP contribution in [0, 0.1) is 0 Å². The third-order valence-corrected chi connectivity index (χ3v) is 8.34. The number of hydrogen-bond donors (Lipinski definition) is 1. The highest BCUT2D eigenvalue weighted by Gasteiger charge is 2.56. The highest BCUT2D eigenvalue weighted by Crippen LogP contribution is 2.45. The van der Waals surface area contributed by atoms with Gasteiger partial charge in [-0.1, -0.05) is 48.5 Å². The van der Waals surface area contributed by atoms with Crippen molar-refractivity contribution in [2.75, 3.05) is 39.8 Å². The average molecular weight is 550 g/mol. The molecule has 1 unspecified atom stereocenters. The number of amides is 2. The number of nitrogens with zero attached hydrogens (tertiary/aromatic N) is 3. The molecule has 1 atom stereocenters. The molecule has 2 aromatic carbocycles. The van der Waals surface area contributed by atoms with E-state index in [0.29, 0.717) is 12.8 Å². The lowest BCUT2D eigenvalue weighted by molar-refractivity contribution is -0.152. The topological polar surface area (TPSA) is 99.6 Å². The Morgan fingerprint density at radius 3 is 2.10 bits per heavy atom. The molecule has 214 valence electrons. The zero-order chi connectivity index (χ0) is 28.7. The molecule has 9 nitrogen and oxygen atoms in total. The number of carboxylic acids is 1. The van der Waals surface area contributed by atoms with Crippen LogP contribution >= 0.6 is 0 Å². The highest BCUT2D eigenvalue weighted by atomic mass is 16.6. The fourth-order valence-electron chi connectivity index (χ4n) is 6.34. The van der Waals surface area contributed by atoms with E-state index in [1.807, 2.05) is 31.3 Å². The summed E-state index contributed by atoms with van der Waals surface area (Å²) in [6.07, 6.45) is 0.138. The van der Waals surface area contributed by atoms with Gasteiger partial charge in [0, 0.05) is 24.9 Å². The van der Waals surface area contributed by atoms with Crippen molar-refractivity contribution in [2.45, 2.75) is 63.1 Å². The summed E-state index contributed by atoms with van der Waals surface area (Å²) in [6, 6.07) is 15.9. The third kappa shape index (κ3) is 5.27. The normalized spacial score (nSPS) is 21.6. The van der Waals surface area contributed by atoms with Crippen LogP contribution in [0.15, 0.2) is 48.5 Å². The lowest BCUT2D eigenvalue weighted by atomic mass is 9.91. The Hall–Kier alpha value is -3.59. The molecule has 0 aromatic heterocycles. The van der Waals surface area contributed by atoms with Gasteiger partial charge in [0.05, 0.1) is 6.54 Å². The number of carbonyl (C=O) groups excluding carboxylic acids is 2. The van der Waals surface area contributed by atoms with Gasteiger partial charge in [-0.25, -0.2) is 14.4 Å². The van der Waals surface area contributed by atoms with Crippen LogP contribution in [0.2, 0.25) is 0 Å². The van der Waals surface area contributed by atoms with E-state index in [9.17, 15) is 19.5 Å². The van der Waals surface area contributed by atoms with E-state index in [1.165, 1.54) is 9.80 Å². The number of piperidine rings is 1. The van der Waals surface area contributed by atoms with Crippen LogP contribution in [0.5, 0.6) is 0 Å². The van der Waals surface area contributed by atoms with E-state index in [1.54, 1.807) is 20.8 Å². The zero-order valence-corrected chi connectivity index (χ0v) is 23.8. The lowest BCUT2D eigenvalue weighted by Gasteiger charge is -2.44. The average Bonchev–Trinajstić information content (AvgIpc) is 3.49. The Kier molecular flexibility index (Phi) is 7.52. The molecule has 40 heavy (non-hydrogen) atoms. The Labute approximate surface area is 235 Å². The minimum atomic E-state index is -1.60. The van der Waals surface area contributed by atoms with E-state index in [2.05, 4.69) is 29.2 Å². The molecule has 0 bridgehead atoms. The standard InChI is InChI=1S/C31H39N3O6/c1-30(2,3)40-28(37)33-18-15-31(20-33,27(35)36)34(21-13-16-32(4)17-14-21)29(38)39-19-26-24-11-7-5-9-22(24)23-10-6-8-12-25(23)26/h5-12,21,26H,13-20H2,1-4H3,(H,35,36). The predicted octanol–water partition coefficient (Wildman–Crippen LogP) is 4.80. The molecule has 0 saturated carbocycles. The van der Waals surface area contributed by atoms with Crippen LogP contribution in [0.4, 0.5) is 9.59 Å². The van der Waals surface area contributed by atoms with Gasteiger partial charge in [-0.2, -0.15) is 0 Å². The SMILES string of the molecule is CN1CCC(N(C(=O)OCC2c3ccccc3-c3ccccc32)C2(C(=O)O)CCN(C(=O)OC(C)(C)C)C2)CC1. The number of benzene rings is 2. The Bertz CT molecular complexity index is 1240. The molecule has 9 heteroatoms. The highest BCUT2D eigenvalue weighted by molar-refractivity contribution is 5.87. The van der Waals surface area contributed by atoms with Crippen molar-refractivity contribution in [1.29, 1.82) is 0 Å². The molecule has 5 rings (SSSR count). The van der Waals surface area contributed by atoms with Crippen LogP contribution in [0.25, 0.3) is 11.1 Å². The number of likely N-dealkylation sites (tertiary alicyclic amines) is 2. The Balaban J connectivity index is 1.42. The molecule has 2 aromatic rings. The first-order valence-corrected chi connectivity index (χ1v) is 14.0. The van der Waals surface area contributed by atoms with Crippen LogP contribution < -0.4 is 0 Å².